The summed E-state index contributed by atoms with van der Waals surface area (Å²) in [5, 5.41) is 7.02. The molecule has 0 aliphatic heterocycles. The van der Waals surface area contributed by atoms with Crippen molar-refractivity contribution in [2.24, 2.45) is 0 Å². The van der Waals surface area contributed by atoms with E-state index in [-0.39, 0.29) is 0 Å². The Kier molecular flexibility index (Phi) is 4.57. The van der Waals surface area contributed by atoms with E-state index in [2.05, 4.69) is 22.5 Å². The van der Waals surface area contributed by atoms with Crippen molar-refractivity contribution in [1.29, 1.82) is 0 Å². The van der Waals surface area contributed by atoms with Gasteiger partial charge < -0.3 is 10.2 Å². The summed E-state index contributed by atoms with van der Waals surface area (Å²) in [6.07, 6.45) is 1.92. The van der Waals surface area contributed by atoms with Crippen molar-refractivity contribution in [3.05, 3.63) is 40.4 Å². The molecule has 2 aromatic rings. The standard InChI is InChI=1S/C13H18N4OS/c1-3-5-12-15-16-13(19)17(12)14-9-10-6-4-7-11(8-10)18-2/h4,6-8,14H,3,5,9H2,1-2H3,(H,16,19). The smallest absolute Gasteiger partial charge is 0.214 e. The van der Waals surface area contributed by atoms with Gasteiger partial charge in [0.15, 0.2) is 5.82 Å². The maximum absolute atomic E-state index is 5.21. The number of benzene rings is 1. The summed E-state index contributed by atoms with van der Waals surface area (Å²) in [6.45, 7) is 2.78. The van der Waals surface area contributed by atoms with Gasteiger partial charge >= 0.3 is 0 Å². The number of aromatic nitrogens is 3. The lowest BCUT2D eigenvalue weighted by molar-refractivity contribution is 0.414. The maximum Gasteiger partial charge on any atom is 0.214 e. The second-order valence-corrected chi connectivity index (χ2v) is 4.60. The van der Waals surface area contributed by atoms with Crippen LogP contribution in [-0.4, -0.2) is 22.0 Å². The number of methoxy groups -OCH3 is 1. The van der Waals surface area contributed by atoms with Crippen molar-refractivity contribution >= 4 is 12.2 Å². The molecule has 19 heavy (non-hydrogen) atoms. The molecule has 0 amide bonds. The van der Waals surface area contributed by atoms with Crippen LogP contribution in [0.4, 0.5) is 0 Å². The Hall–Kier alpha value is -1.82. The molecule has 0 aliphatic rings. The number of rotatable bonds is 6. The minimum absolute atomic E-state index is 0.589. The molecule has 0 bridgehead atoms. The summed E-state index contributed by atoms with van der Waals surface area (Å²) in [5.41, 5.74) is 4.41. The van der Waals surface area contributed by atoms with E-state index in [1.54, 1.807) is 7.11 Å². The Bertz CT molecular complexity index is 590. The van der Waals surface area contributed by atoms with Gasteiger partial charge in [0.2, 0.25) is 4.77 Å². The molecular formula is C13H18N4OS. The van der Waals surface area contributed by atoms with Crippen LogP contribution in [0.5, 0.6) is 5.75 Å². The van der Waals surface area contributed by atoms with E-state index in [9.17, 15) is 0 Å². The van der Waals surface area contributed by atoms with Gasteiger partial charge in [-0.2, -0.15) is 5.10 Å². The molecule has 0 fully saturated rings. The van der Waals surface area contributed by atoms with Crippen molar-refractivity contribution in [3.8, 4) is 5.75 Å². The molecule has 2 rings (SSSR count). The Morgan fingerprint density at radius 2 is 2.32 bits per heavy atom. The lowest BCUT2D eigenvalue weighted by Crippen LogP contribution is -2.17. The van der Waals surface area contributed by atoms with E-state index < -0.39 is 0 Å². The molecule has 0 saturated carbocycles. The van der Waals surface area contributed by atoms with Crippen LogP contribution in [-0.2, 0) is 13.0 Å². The van der Waals surface area contributed by atoms with Crippen molar-refractivity contribution in [2.75, 3.05) is 12.5 Å². The predicted molar refractivity (Wildman–Crippen MR) is 77.5 cm³/mol. The fraction of sp³-hybridized carbons (Fsp3) is 0.385. The van der Waals surface area contributed by atoms with Crippen LogP contribution < -0.4 is 10.2 Å². The van der Waals surface area contributed by atoms with E-state index >= 15 is 0 Å². The van der Waals surface area contributed by atoms with Gasteiger partial charge in [-0.3, -0.25) is 5.10 Å². The van der Waals surface area contributed by atoms with Gasteiger partial charge in [0, 0.05) is 6.42 Å². The van der Waals surface area contributed by atoms with Crippen LogP contribution in [0.2, 0.25) is 0 Å². The quantitative estimate of drug-likeness (QED) is 0.798. The first kappa shape index (κ1) is 13.6. The number of nitrogens with zero attached hydrogens (tertiary/aromatic N) is 2. The highest BCUT2D eigenvalue weighted by Gasteiger charge is 2.04. The molecule has 0 spiro atoms. The Morgan fingerprint density at radius 1 is 1.47 bits per heavy atom. The van der Waals surface area contributed by atoms with Crippen LogP contribution in [0, 0.1) is 4.77 Å². The largest absolute Gasteiger partial charge is 0.497 e. The van der Waals surface area contributed by atoms with Gasteiger partial charge in [-0.15, -0.1) is 0 Å². The number of ether oxygens (including phenoxy) is 1. The third-order valence-corrected chi connectivity index (χ3v) is 3.06. The zero-order chi connectivity index (χ0) is 13.7. The Labute approximate surface area is 117 Å². The van der Waals surface area contributed by atoms with Crippen LogP contribution in [0.3, 0.4) is 0 Å². The molecule has 1 heterocycles. The average Bonchev–Trinajstić information content (AvgIpc) is 2.78. The zero-order valence-electron chi connectivity index (χ0n) is 11.1. The first-order valence-corrected chi connectivity index (χ1v) is 6.68. The van der Waals surface area contributed by atoms with Crippen molar-refractivity contribution in [3.63, 3.8) is 0 Å². The second kappa shape index (κ2) is 6.38. The third kappa shape index (κ3) is 3.35. The SMILES string of the molecule is CCCc1n[nH]c(=S)n1NCc1cccc(OC)c1. The number of hydrogen-bond acceptors (Lipinski definition) is 4. The predicted octanol–water partition coefficient (Wildman–Crippen LogP) is 2.65. The average molecular weight is 278 g/mol. The van der Waals surface area contributed by atoms with E-state index in [1.165, 1.54) is 0 Å². The molecular weight excluding hydrogens is 260 g/mol. The fourth-order valence-electron chi connectivity index (χ4n) is 1.84. The number of aryl methyl sites for hydroxylation is 1. The number of hydrogen-bond donors (Lipinski definition) is 2. The Balaban J connectivity index is 2.09. The molecule has 1 aromatic heterocycles. The zero-order valence-corrected chi connectivity index (χ0v) is 12.0. The third-order valence-electron chi connectivity index (χ3n) is 2.79. The highest BCUT2D eigenvalue weighted by atomic mass is 32.1. The molecule has 1 aromatic carbocycles. The minimum atomic E-state index is 0.589. The number of H-pyrrole nitrogens is 1. The molecule has 0 aliphatic carbocycles. The first-order valence-electron chi connectivity index (χ1n) is 6.27. The molecule has 0 saturated heterocycles. The van der Waals surface area contributed by atoms with Gasteiger partial charge in [-0.1, -0.05) is 19.1 Å². The van der Waals surface area contributed by atoms with E-state index in [4.69, 9.17) is 17.0 Å². The summed E-state index contributed by atoms with van der Waals surface area (Å²) in [7, 11) is 1.66. The van der Waals surface area contributed by atoms with Crippen molar-refractivity contribution in [1.82, 2.24) is 14.9 Å². The van der Waals surface area contributed by atoms with Crippen molar-refractivity contribution < 1.29 is 4.74 Å². The van der Waals surface area contributed by atoms with Gasteiger partial charge in [-0.05, 0) is 36.3 Å². The lowest BCUT2D eigenvalue weighted by Gasteiger charge is -2.10. The van der Waals surface area contributed by atoms with Crippen molar-refractivity contribution in [2.45, 2.75) is 26.3 Å². The molecule has 0 unspecified atom stereocenters. The minimum Gasteiger partial charge on any atom is -0.497 e. The second-order valence-electron chi connectivity index (χ2n) is 4.22. The van der Waals surface area contributed by atoms with E-state index in [0.29, 0.717) is 11.3 Å². The van der Waals surface area contributed by atoms with Gasteiger partial charge in [0.25, 0.3) is 0 Å². The summed E-state index contributed by atoms with van der Waals surface area (Å²) in [4.78, 5) is 0. The van der Waals surface area contributed by atoms with Crippen LogP contribution in [0.25, 0.3) is 0 Å². The monoisotopic (exact) mass is 278 g/mol. The van der Waals surface area contributed by atoms with Gasteiger partial charge in [-0.25, -0.2) is 4.68 Å². The maximum atomic E-state index is 5.21. The van der Waals surface area contributed by atoms with Crippen LogP contribution in [0.1, 0.15) is 24.7 Å². The topological polar surface area (TPSA) is 54.9 Å². The summed E-state index contributed by atoms with van der Waals surface area (Å²) >= 11 is 5.21. The Morgan fingerprint density at radius 3 is 3.05 bits per heavy atom. The lowest BCUT2D eigenvalue weighted by atomic mass is 10.2. The van der Waals surface area contributed by atoms with E-state index in [1.807, 2.05) is 28.9 Å². The molecule has 5 nitrogen and oxygen atoms in total. The fourth-order valence-corrected chi connectivity index (χ4v) is 2.05. The highest BCUT2D eigenvalue weighted by molar-refractivity contribution is 7.71. The van der Waals surface area contributed by atoms with Crippen LogP contribution in [0.15, 0.2) is 24.3 Å². The van der Waals surface area contributed by atoms with E-state index in [0.717, 1.165) is 30.0 Å². The first-order chi connectivity index (χ1) is 9.24. The van der Waals surface area contributed by atoms with Gasteiger partial charge in [0.1, 0.15) is 5.75 Å². The number of aromatic amines is 1. The summed E-state index contributed by atoms with van der Waals surface area (Å²) in [5.74, 6) is 1.78. The van der Waals surface area contributed by atoms with Gasteiger partial charge in [0.05, 0.1) is 13.7 Å². The molecule has 0 radical (unpaired) electrons. The summed E-state index contributed by atoms with van der Waals surface area (Å²) < 4.78 is 7.63. The number of nitrogens with one attached hydrogen (secondary N) is 2. The summed E-state index contributed by atoms with van der Waals surface area (Å²) in [6, 6.07) is 7.93. The highest BCUT2D eigenvalue weighted by Crippen LogP contribution is 2.12. The molecule has 0 atom stereocenters. The normalized spacial score (nSPS) is 10.4. The molecule has 6 heteroatoms. The van der Waals surface area contributed by atoms with Crippen LogP contribution >= 0.6 is 12.2 Å². The molecule has 2 N–H and O–H groups in total. The molecule has 102 valence electrons.